The van der Waals surface area contributed by atoms with Gasteiger partial charge in [0.15, 0.2) is 0 Å². The second-order valence-corrected chi connectivity index (χ2v) is 3.31. The highest BCUT2D eigenvalue weighted by atomic mass is 79.9. The van der Waals surface area contributed by atoms with Crippen LogP contribution in [-0.4, -0.2) is 5.11 Å². The maximum absolute atomic E-state index is 9.14. The molecule has 1 N–H and O–H groups in total. The van der Waals surface area contributed by atoms with E-state index >= 15 is 0 Å². The summed E-state index contributed by atoms with van der Waals surface area (Å²) in [5, 5.41) is 9.76. The molecule has 0 saturated heterocycles. The molecule has 1 rings (SSSR count). The van der Waals surface area contributed by atoms with E-state index in [0.717, 1.165) is 10.0 Å². The molecule has 0 aliphatic carbocycles. The first kappa shape index (κ1) is 11.8. The summed E-state index contributed by atoms with van der Waals surface area (Å²) >= 11 is 8.92. The molecule has 12 heavy (non-hydrogen) atoms. The van der Waals surface area contributed by atoms with Crippen LogP contribution in [0, 0.1) is 6.92 Å². The monoisotopic (exact) mass is 250 g/mol. The van der Waals surface area contributed by atoms with Gasteiger partial charge in [0.05, 0.1) is 5.02 Å². The Morgan fingerprint density at radius 2 is 1.83 bits per heavy atom. The van der Waals surface area contributed by atoms with Crippen LogP contribution in [-0.2, 0) is 0 Å². The largest absolute Gasteiger partial charge is 0.508 e. The normalized spacial score (nSPS) is 8.75. The van der Waals surface area contributed by atoms with Crippen LogP contribution < -0.4 is 0 Å². The summed E-state index contributed by atoms with van der Waals surface area (Å²) in [5.74, 6) is 0.260. The van der Waals surface area contributed by atoms with Gasteiger partial charge in [-0.3, -0.25) is 0 Å². The zero-order valence-electron chi connectivity index (χ0n) is 7.36. The fourth-order valence-electron chi connectivity index (χ4n) is 0.636. The van der Waals surface area contributed by atoms with Crippen LogP contribution in [0.1, 0.15) is 19.4 Å². The molecule has 1 nitrogen and oxygen atoms in total. The summed E-state index contributed by atoms with van der Waals surface area (Å²) in [5.41, 5.74) is 0.785. The lowest BCUT2D eigenvalue weighted by Crippen LogP contribution is -1.75. The Labute approximate surface area is 86.5 Å². The number of aromatic hydroxyl groups is 1. The van der Waals surface area contributed by atoms with Gasteiger partial charge < -0.3 is 5.11 Å². The minimum Gasteiger partial charge on any atom is -0.508 e. The average Bonchev–Trinajstić information content (AvgIpc) is 2.05. The van der Waals surface area contributed by atoms with Gasteiger partial charge in [0.25, 0.3) is 0 Å². The van der Waals surface area contributed by atoms with E-state index in [0.29, 0.717) is 5.02 Å². The summed E-state index contributed by atoms with van der Waals surface area (Å²) in [6.45, 7) is 5.80. The SMILES string of the molecule is CC.Cc1cc(Cl)c(Br)cc1O. The van der Waals surface area contributed by atoms with Gasteiger partial charge in [-0.1, -0.05) is 25.4 Å². The van der Waals surface area contributed by atoms with Gasteiger partial charge in [0, 0.05) is 4.47 Å². The van der Waals surface area contributed by atoms with Crippen molar-refractivity contribution < 1.29 is 5.11 Å². The lowest BCUT2D eigenvalue weighted by Gasteiger charge is -1.99. The molecule has 0 aromatic heterocycles. The first-order chi connectivity index (χ1) is 5.61. The predicted molar refractivity (Wildman–Crippen MR) is 56.9 cm³/mol. The van der Waals surface area contributed by atoms with Gasteiger partial charge in [-0.2, -0.15) is 0 Å². The highest BCUT2D eigenvalue weighted by Crippen LogP contribution is 2.29. The molecule has 1 aromatic carbocycles. The maximum atomic E-state index is 9.14. The van der Waals surface area contributed by atoms with E-state index in [1.807, 2.05) is 13.8 Å². The second-order valence-electron chi connectivity index (χ2n) is 2.05. The van der Waals surface area contributed by atoms with E-state index in [4.69, 9.17) is 16.7 Å². The number of hydrogen-bond donors (Lipinski definition) is 1. The van der Waals surface area contributed by atoms with E-state index in [1.165, 1.54) is 0 Å². The molecule has 0 unspecified atom stereocenters. The van der Waals surface area contributed by atoms with Crippen LogP contribution in [0.15, 0.2) is 16.6 Å². The van der Waals surface area contributed by atoms with Crippen molar-refractivity contribution in [2.75, 3.05) is 0 Å². The van der Waals surface area contributed by atoms with Crippen molar-refractivity contribution in [1.82, 2.24) is 0 Å². The number of rotatable bonds is 0. The van der Waals surface area contributed by atoms with Crippen molar-refractivity contribution in [3.63, 3.8) is 0 Å². The molecule has 0 fully saturated rings. The molecule has 0 heterocycles. The summed E-state index contributed by atoms with van der Waals surface area (Å²) in [6, 6.07) is 3.29. The Hall–Kier alpha value is -0.210. The van der Waals surface area contributed by atoms with E-state index in [-0.39, 0.29) is 5.75 Å². The smallest absolute Gasteiger partial charge is 0.119 e. The minimum absolute atomic E-state index is 0.260. The lowest BCUT2D eigenvalue weighted by molar-refractivity contribution is 0.471. The van der Waals surface area contributed by atoms with Crippen LogP contribution in [0.2, 0.25) is 5.02 Å². The summed E-state index contributed by atoms with van der Waals surface area (Å²) in [7, 11) is 0. The maximum Gasteiger partial charge on any atom is 0.119 e. The Morgan fingerprint density at radius 3 is 2.25 bits per heavy atom. The van der Waals surface area contributed by atoms with Gasteiger partial charge in [-0.05, 0) is 40.5 Å². The van der Waals surface area contributed by atoms with Crippen LogP contribution in [0.3, 0.4) is 0 Å². The molecule has 68 valence electrons. The summed E-state index contributed by atoms with van der Waals surface area (Å²) < 4.78 is 0.720. The number of phenolic OH excluding ortho intramolecular Hbond substituents is 1. The zero-order chi connectivity index (χ0) is 9.72. The first-order valence-corrected chi connectivity index (χ1v) is 4.93. The molecule has 0 radical (unpaired) electrons. The van der Waals surface area contributed by atoms with Crippen molar-refractivity contribution in [2.45, 2.75) is 20.8 Å². The van der Waals surface area contributed by atoms with E-state index < -0.39 is 0 Å². The fraction of sp³-hybridized carbons (Fsp3) is 0.333. The minimum atomic E-state index is 0.260. The number of aryl methyl sites for hydroxylation is 1. The lowest BCUT2D eigenvalue weighted by atomic mass is 10.2. The van der Waals surface area contributed by atoms with Crippen molar-refractivity contribution in [1.29, 1.82) is 0 Å². The van der Waals surface area contributed by atoms with Crippen LogP contribution in [0.25, 0.3) is 0 Å². The zero-order valence-corrected chi connectivity index (χ0v) is 9.70. The molecule has 0 aliphatic rings. The highest BCUT2D eigenvalue weighted by molar-refractivity contribution is 9.10. The molecule has 0 spiro atoms. The third-order valence-electron chi connectivity index (χ3n) is 1.24. The Balaban J connectivity index is 0.000000561. The molecular weight excluding hydrogens is 239 g/mol. The van der Waals surface area contributed by atoms with Crippen molar-refractivity contribution in [2.24, 2.45) is 0 Å². The third kappa shape index (κ3) is 3.03. The Morgan fingerprint density at radius 1 is 1.33 bits per heavy atom. The van der Waals surface area contributed by atoms with Gasteiger partial charge in [-0.25, -0.2) is 0 Å². The van der Waals surface area contributed by atoms with E-state index in [1.54, 1.807) is 19.1 Å². The molecule has 0 saturated carbocycles. The quantitative estimate of drug-likeness (QED) is 0.735. The highest BCUT2D eigenvalue weighted by Gasteiger charge is 2.00. The number of hydrogen-bond acceptors (Lipinski definition) is 1. The fourth-order valence-corrected chi connectivity index (χ4v) is 1.19. The molecular formula is C9H12BrClO. The van der Waals surface area contributed by atoms with Gasteiger partial charge in [-0.15, -0.1) is 0 Å². The van der Waals surface area contributed by atoms with Crippen LogP contribution >= 0.6 is 27.5 Å². The molecule has 3 heteroatoms. The summed E-state index contributed by atoms with van der Waals surface area (Å²) in [6.07, 6.45) is 0. The molecule has 0 atom stereocenters. The number of phenols is 1. The van der Waals surface area contributed by atoms with E-state index in [2.05, 4.69) is 15.9 Å². The van der Waals surface area contributed by atoms with Crippen molar-refractivity contribution in [3.8, 4) is 5.75 Å². The predicted octanol–water partition coefficient (Wildman–Crippen LogP) is 4.14. The third-order valence-corrected chi connectivity index (χ3v) is 2.44. The Kier molecular flexibility index (Phi) is 5.34. The van der Waals surface area contributed by atoms with Crippen LogP contribution in [0.4, 0.5) is 0 Å². The average molecular weight is 252 g/mol. The van der Waals surface area contributed by atoms with Crippen molar-refractivity contribution >= 4 is 27.5 Å². The summed E-state index contributed by atoms with van der Waals surface area (Å²) in [4.78, 5) is 0. The topological polar surface area (TPSA) is 20.2 Å². The van der Waals surface area contributed by atoms with Gasteiger partial charge in [0.1, 0.15) is 5.75 Å². The van der Waals surface area contributed by atoms with Gasteiger partial charge >= 0.3 is 0 Å². The van der Waals surface area contributed by atoms with Crippen LogP contribution in [0.5, 0.6) is 5.75 Å². The molecule has 1 aromatic rings. The van der Waals surface area contributed by atoms with Crippen molar-refractivity contribution in [3.05, 3.63) is 27.2 Å². The molecule has 0 aliphatic heterocycles. The number of benzene rings is 1. The number of halogens is 2. The standard InChI is InChI=1S/C7H6BrClO.C2H6/c1-4-2-6(9)5(8)3-7(4)10;1-2/h2-3,10H,1H3;1-2H3. The Bertz CT molecular complexity index is 211. The van der Waals surface area contributed by atoms with Gasteiger partial charge in [0.2, 0.25) is 0 Å². The second kappa shape index (κ2) is 5.44. The first-order valence-electron chi connectivity index (χ1n) is 3.76. The molecule has 0 amide bonds. The molecule has 0 bridgehead atoms. The van der Waals surface area contributed by atoms with E-state index in [9.17, 15) is 0 Å².